The van der Waals surface area contributed by atoms with Gasteiger partial charge in [0.05, 0.1) is 12.2 Å². The molecular formula is C28H36N4O2. The van der Waals surface area contributed by atoms with Crippen molar-refractivity contribution < 1.29 is 9.47 Å². The fourth-order valence-corrected chi connectivity index (χ4v) is 4.26. The van der Waals surface area contributed by atoms with Gasteiger partial charge in [0, 0.05) is 49.7 Å². The Morgan fingerprint density at radius 2 is 1.44 bits per heavy atom. The minimum atomic E-state index is 0.132. The summed E-state index contributed by atoms with van der Waals surface area (Å²) >= 11 is 0. The minimum absolute atomic E-state index is 0.132. The van der Waals surface area contributed by atoms with Crippen LogP contribution in [-0.2, 0) is 6.54 Å². The predicted molar refractivity (Wildman–Crippen MR) is 137 cm³/mol. The van der Waals surface area contributed by atoms with Crippen molar-refractivity contribution in [3.05, 3.63) is 66.5 Å². The highest BCUT2D eigenvalue weighted by atomic mass is 16.5. The van der Waals surface area contributed by atoms with E-state index in [-0.39, 0.29) is 12.2 Å². The topological polar surface area (TPSA) is 59.5 Å². The van der Waals surface area contributed by atoms with Gasteiger partial charge in [-0.05, 0) is 63.8 Å². The fraction of sp³-hybridized carbons (Fsp3) is 0.429. The van der Waals surface area contributed by atoms with Gasteiger partial charge < -0.3 is 14.8 Å². The van der Waals surface area contributed by atoms with E-state index in [4.69, 9.17) is 9.47 Å². The third-order valence-corrected chi connectivity index (χ3v) is 5.77. The summed E-state index contributed by atoms with van der Waals surface area (Å²) in [6.07, 6.45) is 6.16. The van der Waals surface area contributed by atoms with E-state index >= 15 is 0 Å². The highest BCUT2D eigenvalue weighted by Crippen LogP contribution is 2.27. The first-order valence-corrected chi connectivity index (χ1v) is 12.3. The second kappa shape index (κ2) is 11.3. The summed E-state index contributed by atoms with van der Waals surface area (Å²) in [5, 5.41) is 3.52. The monoisotopic (exact) mass is 460 g/mol. The van der Waals surface area contributed by atoms with Crippen molar-refractivity contribution in [2.75, 3.05) is 18.4 Å². The maximum atomic E-state index is 5.96. The first-order chi connectivity index (χ1) is 16.4. The molecule has 6 heteroatoms. The number of likely N-dealkylation sites (tertiary alicyclic amines) is 1. The second-order valence-electron chi connectivity index (χ2n) is 9.50. The zero-order valence-electron chi connectivity index (χ0n) is 20.7. The van der Waals surface area contributed by atoms with Crippen LogP contribution < -0.4 is 14.8 Å². The largest absolute Gasteiger partial charge is 0.491 e. The van der Waals surface area contributed by atoms with Crippen molar-refractivity contribution in [3.63, 3.8) is 0 Å². The second-order valence-corrected chi connectivity index (χ2v) is 9.50. The van der Waals surface area contributed by atoms with Crippen LogP contribution in [-0.4, -0.2) is 46.2 Å². The van der Waals surface area contributed by atoms with Crippen LogP contribution in [0.15, 0.2) is 60.9 Å². The molecule has 0 spiro atoms. The van der Waals surface area contributed by atoms with Crippen LogP contribution in [0.1, 0.15) is 46.1 Å². The van der Waals surface area contributed by atoms with Gasteiger partial charge in [-0.25, -0.2) is 9.97 Å². The van der Waals surface area contributed by atoms with Gasteiger partial charge in [-0.3, -0.25) is 4.90 Å². The molecular weight excluding hydrogens is 424 g/mol. The standard InChI is InChI=1S/C28H36N4O2/c1-20(2)33-26-14-22(15-27(16-26)34-21(3)4)19-32-12-10-25(11-13-32)31-28-29-17-24(18-30-28)23-8-6-5-7-9-23/h5-9,14-18,20-21,25H,10-13,19H2,1-4H3,(H,29,30,31). The molecule has 1 saturated heterocycles. The summed E-state index contributed by atoms with van der Waals surface area (Å²) in [6, 6.07) is 16.9. The quantitative estimate of drug-likeness (QED) is 0.436. The van der Waals surface area contributed by atoms with Crippen molar-refractivity contribution in [2.45, 2.75) is 65.3 Å². The van der Waals surface area contributed by atoms with Gasteiger partial charge in [0.1, 0.15) is 11.5 Å². The van der Waals surface area contributed by atoms with Gasteiger partial charge in [0.15, 0.2) is 0 Å². The number of rotatable bonds is 9. The van der Waals surface area contributed by atoms with Crippen LogP contribution in [0.3, 0.4) is 0 Å². The van der Waals surface area contributed by atoms with Gasteiger partial charge in [-0.1, -0.05) is 30.3 Å². The molecule has 1 aromatic heterocycles. The molecule has 1 aliphatic rings. The Kier molecular flexibility index (Phi) is 8.01. The number of hydrogen-bond acceptors (Lipinski definition) is 6. The Morgan fingerprint density at radius 3 is 2.00 bits per heavy atom. The Bertz CT molecular complexity index is 1000. The lowest BCUT2D eigenvalue weighted by Crippen LogP contribution is -2.39. The maximum absolute atomic E-state index is 5.96. The van der Waals surface area contributed by atoms with Gasteiger partial charge in [0.25, 0.3) is 0 Å². The first kappa shape index (κ1) is 24.0. The lowest BCUT2D eigenvalue weighted by molar-refractivity contribution is 0.207. The molecule has 0 unspecified atom stereocenters. The van der Waals surface area contributed by atoms with Crippen LogP contribution in [0.4, 0.5) is 5.95 Å². The number of hydrogen-bond donors (Lipinski definition) is 1. The molecule has 6 nitrogen and oxygen atoms in total. The normalized spacial score (nSPS) is 15.0. The fourth-order valence-electron chi connectivity index (χ4n) is 4.26. The molecule has 0 saturated carbocycles. The summed E-state index contributed by atoms with van der Waals surface area (Å²) in [6.45, 7) is 11.1. The number of benzene rings is 2. The smallest absolute Gasteiger partial charge is 0.222 e. The molecule has 1 fully saturated rings. The molecule has 2 aromatic carbocycles. The van der Waals surface area contributed by atoms with Crippen LogP contribution in [0.25, 0.3) is 11.1 Å². The van der Waals surface area contributed by atoms with Gasteiger partial charge in [0.2, 0.25) is 5.95 Å². The van der Waals surface area contributed by atoms with Crippen molar-refractivity contribution in [3.8, 4) is 22.6 Å². The number of ether oxygens (including phenoxy) is 2. The van der Waals surface area contributed by atoms with Crippen molar-refractivity contribution in [1.29, 1.82) is 0 Å². The Balaban J connectivity index is 1.31. The van der Waals surface area contributed by atoms with E-state index in [2.05, 4.69) is 44.5 Å². The molecule has 34 heavy (non-hydrogen) atoms. The Hall–Kier alpha value is -3.12. The lowest BCUT2D eigenvalue weighted by atomic mass is 10.0. The number of aromatic nitrogens is 2. The van der Waals surface area contributed by atoms with E-state index in [1.54, 1.807) is 0 Å². The molecule has 0 amide bonds. The molecule has 0 bridgehead atoms. The third-order valence-electron chi connectivity index (χ3n) is 5.77. The predicted octanol–water partition coefficient (Wildman–Crippen LogP) is 5.79. The number of nitrogens with zero attached hydrogens (tertiary/aromatic N) is 3. The summed E-state index contributed by atoms with van der Waals surface area (Å²) in [4.78, 5) is 11.6. The highest BCUT2D eigenvalue weighted by molar-refractivity contribution is 5.61. The van der Waals surface area contributed by atoms with Gasteiger partial charge >= 0.3 is 0 Å². The summed E-state index contributed by atoms with van der Waals surface area (Å²) in [5.41, 5.74) is 3.39. The van der Waals surface area contributed by atoms with Crippen LogP contribution in [0.2, 0.25) is 0 Å². The van der Waals surface area contributed by atoms with Crippen molar-refractivity contribution >= 4 is 5.95 Å². The molecule has 1 N–H and O–H groups in total. The highest BCUT2D eigenvalue weighted by Gasteiger charge is 2.20. The van der Waals surface area contributed by atoms with Gasteiger partial charge in [-0.2, -0.15) is 0 Å². The van der Waals surface area contributed by atoms with E-state index < -0.39 is 0 Å². The zero-order valence-corrected chi connectivity index (χ0v) is 20.7. The van der Waals surface area contributed by atoms with Crippen LogP contribution in [0.5, 0.6) is 11.5 Å². The molecule has 3 aromatic rings. The van der Waals surface area contributed by atoms with Crippen LogP contribution >= 0.6 is 0 Å². The molecule has 180 valence electrons. The Morgan fingerprint density at radius 1 is 0.853 bits per heavy atom. The molecule has 0 atom stereocenters. The Labute approximate surface area is 203 Å². The minimum Gasteiger partial charge on any atom is -0.491 e. The summed E-state index contributed by atoms with van der Waals surface area (Å²) in [5.74, 6) is 2.44. The number of piperidine rings is 1. The average Bonchev–Trinajstić information content (AvgIpc) is 2.80. The first-order valence-electron chi connectivity index (χ1n) is 12.3. The van der Waals surface area contributed by atoms with E-state index in [9.17, 15) is 0 Å². The number of nitrogens with one attached hydrogen (secondary N) is 1. The third kappa shape index (κ3) is 6.94. The van der Waals surface area contributed by atoms with E-state index in [0.717, 1.165) is 55.1 Å². The van der Waals surface area contributed by atoms with E-state index in [1.807, 2.05) is 64.4 Å². The van der Waals surface area contributed by atoms with Gasteiger partial charge in [-0.15, -0.1) is 0 Å². The summed E-state index contributed by atoms with van der Waals surface area (Å²) < 4.78 is 11.9. The van der Waals surface area contributed by atoms with Crippen molar-refractivity contribution in [2.24, 2.45) is 0 Å². The molecule has 0 aliphatic carbocycles. The molecule has 4 rings (SSSR count). The maximum Gasteiger partial charge on any atom is 0.222 e. The summed E-state index contributed by atoms with van der Waals surface area (Å²) in [7, 11) is 0. The van der Waals surface area contributed by atoms with Crippen molar-refractivity contribution in [1.82, 2.24) is 14.9 Å². The van der Waals surface area contributed by atoms with E-state index in [1.165, 1.54) is 5.56 Å². The molecule has 2 heterocycles. The SMILES string of the molecule is CC(C)Oc1cc(CN2CCC(Nc3ncc(-c4ccccc4)cn3)CC2)cc(OC(C)C)c1. The lowest BCUT2D eigenvalue weighted by Gasteiger charge is -2.32. The van der Waals surface area contributed by atoms with Crippen LogP contribution in [0, 0.1) is 0 Å². The molecule has 1 aliphatic heterocycles. The molecule has 0 radical (unpaired) electrons. The average molecular weight is 461 g/mol. The zero-order chi connectivity index (χ0) is 23.9. The van der Waals surface area contributed by atoms with E-state index in [0.29, 0.717) is 12.0 Å². The number of anilines is 1.